The number of fused-ring (bicyclic) bond motifs is 2. The summed E-state index contributed by atoms with van der Waals surface area (Å²) in [6.45, 7) is 6.04. The molecule has 5 aromatic rings. The Morgan fingerprint density at radius 2 is 1.25 bits per heavy atom. The van der Waals surface area contributed by atoms with Gasteiger partial charge in [0, 0.05) is 17.2 Å². The molecule has 3 aliphatic carbocycles. The lowest BCUT2D eigenvalue weighted by atomic mass is 9.76. The predicted molar refractivity (Wildman–Crippen MR) is 235 cm³/mol. The normalized spacial score (nSPS) is 19.9. The zero-order chi connectivity index (χ0) is 38.3. The van der Waals surface area contributed by atoms with Crippen molar-refractivity contribution >= 4 is 71.8 Å². The fraction of sp³-hybridized carbons (Fsp3) is 0.457. The molecule has 3 aromatic carbocycles. The molecule has 0 amide bonds. The van der Waals surface area contributed by atoms with E-state index in [2.05, 4.69) is 72.1 Å². The van der Waals surface area contributed by atoms with Crippen LogP contribution in [0.2, 0.25) is 0 Å². The summed E-state index contributed by atoms with van der Waals surface area (Å²) in [7, 11) is 0. The van der Waals surface area contributed by atoms with E-state index in [1.807, 2.05) is 24.6 Å². The standard InChI is InChI=1S/C46H54N6O2S2/c1-3-15-32-24-26-33(27-25-32)34-28-35(30-47-51(37-16-7-5-8-17-37)45-49-39-20-11-13-22-41(39)55-45)44(54-43(53)4-2)36(29-34)31-48-52(38-18-9-6-10-19-38)46-50-40-21-12-14-23-42(40)56-46/h4,11-14,20-23,28-33,37-38H,2-3,5-10,15-19,24-27H2,1H3/b47-30+,48-31+. The van der Waals surface area contributed by atoms with E-state index in [4.69, 9.17) is 24.9 Å². The molecule has 8 nitrogen and oxygen atoms in total. The second-order valence-corrected chi connectivity index (χ2v) is 17.9. The number of thiazole rings is 2. The lowest BCUT2D eigenvalue weighted by Crippen LogP contribution is -2.33. The average molecular weight is 787 g/mol. The second kappa shape index (κ2) is 18.2. The molecule has 8 rings (SSSR count). The Kier molecular flexibility index (Phi) is 12.5. The van der Waals surface area contributed by atoms with Crippen LogP contribution < -0.4 is 14.8 Å². The molecule has 3 aliphatic rings. The predicted octanol–water partition coefficient (Wildman–Crippen LogP) is 12.4. The highest BCUT2D eigenvalue weighted by molar-refractivity contribution is 7.22. The summed E-state index contributed by atoms with van der Waals surface area (Å²) in [5, 5.41) is 16.6. The van der Waals surface area contributed by atoms with Crippen molar-refractivity contribution in [3.63, 3.8) is 0 Å². The Morgan fingerprint density at radius 1 is 0.750 bits per heavy atom. The van der Waals surface area contributed by atoms with Crippen molar-refractivity contribution in [2.75, 3.05) is 10.0 Å². The van der Waals surface area contributed by atoms with E-state index >= 15 is 0 Å². The Balaban J connectivity index is 1.23. The Labute approximate surface area is 339 Å². The first kappa shape index (κ1) is 38.5. The number of ether oxygens (including phenoxy) is 1. The molecule has 56 heavy (non-hydrogen) atoms. The highest BCUT2D eigenvalue weighted by atomic mass is 32.1. The van der Waals surface area contributed by atoms with E-state index in [1.165, 1.54) is 75.8 Å². The molecule has 0 radical (unpaired) electrons. The number of nitrogens with zero attached hydrogens (tertiary/aromatic N) is 6. The minimum atomic E-state index is -0.507. The highest BCUT2D eigenvalue weighted by Gasteiger charge is 2.28. The lowest BCUT2D eigenvalue weighted by Gasteiger charge is -2.31. The number of anilines is 2. The first-order valence-electron chi connectivity index (χ1n) is 21.0. The summed E-state index contributed by atoms with van der Waals surface area (Å²) < 4.78 is 8.47. The third-order valence-corrected chi connectivity index (χ3v) is 14.0. The van der Waals surface area contributed by atoms with Gasteiger partial charge in [-0.2, -0.15) is 10.2 Å². The van der Waals surface area contributed by atoms with Crippen molar-refractivity contribution in [1.29, 1.82) is 0 Å². The van der Waals surface area contributed by atoms with Gasteiger partial charge < -0.3 is 4.74 Å². The Bertz CT molecular complexity index is 1980. The number of carbonyl (C=O) groups excluding carboxylic acids is 1. The fourth-order valence-electron chi connectivity index (χ4n) is 8.99. The number of esters is 1. The molecule has 0 atom stereocenters. The molecule has 3 saturated carbocycles. The van der Waals surface area contributed by atoms with Crippen molar-refractivity contribution in [1.82, 2.24) is 9.97 Å². The van der Waals surface area contributed by atoms with Gasteiger partial charge in [-0.15, -0.1) is 0 Å². The maximum absolute atomic E-state index is 13.1. The SMILES string of the molecule is C=CC(=O)Oc1c(/C=N/N(c2nc3ccccc3s2)C2CCCCC2)cc(C2CCC(CCC)CC2)cc1/C=N/N(c1nc2ccccc2s1)C1CCCCC1. The van der Waals surface area contributed by atoms with E-state index in [9.17, 15) is 4.79 Å². The molecular formula is C46H54N6O2S2. The number of hydrogen-bond donors (Lipinski definition) is 0. The van der Waals surface area contributed by atoms with Crippen molar-refractivity contribution in [2.24, 2.45) is 16.1 Å². The van der Waals surface area contributed by atoms with E-state index in [-0.39, 0.29) is 12.1 Å². The Morgan fingerprint density at radius 3 is 1.71 bits per heavy atom. The van der Waals surface area contributed by atoms with Crippen LogP contribution in [0.25, 0.3) is 20.4 Å². The first-order chi connectivity index (χ1) is 27.6. The minimum absolute atomic E-state index is 0.246. The fourth-order valence-corrected chi connectivity index (χ4v) is 11.0. The minimum Gasteiger partial charge on any atom is -0.422 e. The molecule has 0 unspecified atom stereocenters. The van der Waals surface area contributed by atoms with Crippen molar-refractivity contribution in [3.8, 4) is 5.75 Å². The number of para-hydroxylation sites is 2. The number of rotatable bonds is 13. The van der Waals surface area contributed by atoms with Gasteiger partial charge >= 0.3 is 5.97 Å². The zero-order valence-corrected chi connectivity index (χ0v) is 34.3. The third kappa shape index (κ3) is 8.92. The summed E-state index contributed by atoms with van der Waals surface area (Å²) >= 11 is 3.36. The van der Waals surface area contributed by atoms with Crippen LogP contribution in [0.4, 0.5) is 10.3 Å². The number of hydrazone groups is 2. The van der Waals surface area contributed by atoms with Crippen LogP contribution in [-0.4, -0.2) is 40.5 Å². The van der Waals surface area contributed by atoms with Crippen LogP contribution in [0, 0.1) is 5.92 Å². The van der Waals surface area contributed by atoms with E-state index < -0.39 is 5.97 Å². The maximum atomic E-state index is 13.1. The molecule has 0 spiro atoms. The lowest BCUT2D eigenvalue weighted by molar-refractivity contribution is -0.128. The molecule has 2 aromatic heterocycles. The van der Waals surface area contributed by atoms with Crippen molar-refractivity contribution < 1.29 is 9.53 Å². The third-order valence-electron chi connectivity index (χ3n) is 12.0. The smallest absolute Gasteiger partial charge is 0.335 e. The summed E-state index contributed by atoms with van der Waals surface area (Å²) in [6, 6.07) is 21.5. The highest BCUT2D eigenvalue weighted by Crippen LogP contribution is 2.41. The summed E-state index contributed by atoms with van der Waals surface area (Å²) in [5.41, 5.74) is 4.74. The molecule has 292 valence electrons. The molecular weight excluding hydrogens is 733 g/mol. The van der Waals surface area contributed by atoms with Crippen LogP contribution in [0.5, 0.6) is 5.75 Å². The molecule has 10 heteroatoms. The van der Waals surface area contributed by atoms with Crippen LogP contribution >= 0.6 is 22.7 Å². The molecule has 0 saturated heterocycles. The van der Waals surface area contributed by atoms with Gasteiger partial charge in [0.15, 0.2) is 0 Å². The maximum Gasteiger partial charge on any atom is 0.335 e. The van der Waals surface area contributed by atoms with Gasteiger partial charge in [-0.3, -0.25) is 0 Å². The Hall–Kier alpha value is -4.41. The van der Waals surface area contributed by atoms with Crippen molar-refractivity contribution in [2.45, 2.75) is 128 Å². The molecule has 0 N–H and O–H groups in total. The quantitative estimate of drug-likeness (QED) is 0.0388. The van der Waals surface area contributed by atoms with Crippen molar-refractivity contribution in [3.05, 3.63) is 90.0 Å². The largest absolute Gasteiger partial charge is 0.422 e. The van der Waals surface area contributed by atoms with Crippen LogP contribution in [0.3, 0.4) is 0 Å². The summed E-state index contributed by atoms with van der Waals surface area (Å²) in [6.07, 6.45) is 23.8. The van der Waals surface area contributed by atoms with Gasteiger partial charge in [0.2, 0.25) is 10.3 Å². The number of benzene rings is 3. The molecule has 2 heterocycles. The number of aromatic nitrogens is 2. The van der Waals surface area contributed by atoms with E-state index in [1.54, 1.807) is 22.7 Å². The first-order valence-corrected chi connectivity index (χ1v) is 22.6. The van der Waals surface area contributed by atoms with Crippen LogP contribution in [-0.2, 0) is 4.79 Å². The van der Waals surface area contributed by atoms with Crippen LogP contribution in [0.1, 0.15) is 132 Å². The summed E-state index contributed by atoms with van der Waals surface area (Å²) in [4.78, 5) is 23.2. The number of carbonyl (C=O) groups is 1. The van der Waals surface area contributed by atoms with Gasteiger partial charge in [-0.25, -0.2) is 24.8 Å². The topological polar surface area (TPSA) is 83.3 Å². The van der Waals surface area contributed by atoms with Gasteiger partial charge in [-0.1, -0.05) is 112 Å². The van der Waals surface area contributed by atoms with E-state index in [0.29, 0.717) is 11.7 Å². The van der Waals surface area contributed by atoms with Crippen LogP contribution in [0.15, 0.2) is 83.5 Å². The van der Waals surface area contributed by atoms with Gasteiger partial charge in [0.05, 0.1) is 44.9 Å². The molecule has 3 fully saturated rings. The molecule has 0 aliphatic heterocycles. The van der Waals surface area contributed by atoms with Gasteiger partial charge in [0.25, 0.3) is 0 Å². The summed E-state index contributed by atoms with van der Waals surface area (Å²) in [5.74, 6) is 1.14. The molecule has 0 bridgehead atoms. The monoisotopic (exact) mass is 786 g/mol. The average Bonchev–Trinajstić information content (AvgIpc) is 3.88. The van der Waals surface area contributed by atoms with E-state index in [0.717, 1.165) is 86.3 Å². The van der Waals surface area contributed by atoms with Gasteiger partial charge in [0.1, 0.15) is 5.75 Å². The van der Waals surface area contributed by atoms with Gasteiger partial charge in [-0.05, 0) is 105 Å². The second-order valence-electron chi connectivity index (χ2n) is 15.9. The zero-order valence-electron chi connectivity index (χ0n) is 32.7. The number of hydrogen-bond acceptors (Lipinski definition) is 10.